The summed E-state index contributed by atoms with van der Waals surface area (Å²) in [6.45, 7) is 1.84. The van der Waals surface area contributed by atoms with Crippen LogP contribution in [-0.2, 0) is 16.1 Å². The number of benzene rings is 1. The molecule has 0 saturated heterocycles. The molecule has 2 aromatic heterocycles. The first-order valence-electron chi connectivity index (χ1n) is 8.76. The van der Waals surface area contributed by atoms with E-state index >= 15 is 0 Å². The third-order valence-corrected chi connectivity index (χ3v) is 4.10. The van der Waals surface area contributed by atoms with E-state index < -0.39 is 6.04 Å². The van der Waals surface area contributed by atoms with E-state index in [2.05, 4.69) is 20.8 Å². The van der Waals surface area contributed by atoms with Crippen LogP contribution in [-0.4, -0.2) is 39.6 Å². The van der Waals surface area contributed by atoms with Gasteiger partial charge in [0.1, 0.15) is 11.8 Å². The molecule has 0 aliphatic carbocycles. The molecule has 2 amide bonds. The number of nitrogens with one attached hydrogen (secondary N) is 2. The summed E-state index contributed by atoms with van der Waals surface area (Å²) < 4.78 is 6.88. The number of methoxy groups -OCH3 is 1. The molecule has 2 N–H and O–H groups in total. The van der Waals surface area contributed by atoms with Crippen molar-refractivity contribution in [2.24, 2.45) is 0 Å². The maximum Gasteiger partial charge on any atom is 0.244 e. The predicted octanol–water partition coefficient (Wildman–Crippen LogP) is 1.57. The first-order chi connectivity index (χ1) is 13.6. The molecular formula is C20H21N5O3. The largest absolute Gasteiger partial charge is 0.497 e. The average Bonchev–Trinajstić information content (AvgIpc) is 3.14. The van der Waals surface area contributed by atoms with Crippen molar-refractivity contribution >= 4 is 23.5 Å². The number of rotatable bonds is 7. The molecule has 144 valence electrons. The molecular weight excluding hydrogens is 358 g/mol. The molecule has 2 heterocycles. The molecule has 28 heavy (non-hydrogen) atoms. The Labute approximate surface area is 162 Å². The Hall–Kier alpha value is -3.68. The summed E-state index contributed by atoms with van der Waals surface area (Å²) >= 11 is 0. The van der Waals surface area contributed by atoms with Crippen LogP contribution in [0.4, 0.5) is 0 Å². The maximum absolute atomic E-state index is 12.2. The van der Waals surface area contributed by atoms with E-state index in [4.69, 9.17) is 4.74 Å². The summed E-state index contributed by atoms with van der Waals surface area (Å²) in [6, 6.07) is 12.2. The fourth-order valence-electron chi connectivity index (χ4n) is 2.54. The highest BCUT2D eigenvalue weighted by atomic mass is 16.5. The Morgan fingerprint density at radius 2 is 1.96 bits per heavy atom. The lowest BCUT2D eigenvalue weighted by Crippen LogP contribution is -2.44. The highest BCUT2D eigenvalue weighted by Crippen LogP contribution is 2.12. The van der Waals surface area contributed by atoms with Crippen LogP contribution in [0, 0.1) is 0 Å². The van der Waals surface area contributed by atoms with Gasteiger partial charge in [0.2, 0.25) is 11.8 Å². The summed E-state index contributed by atoms with van der Waals surface area (Å²) in [5, 5.41) is 13.5. The van der Waals surface area contributed by atoms with E-state index in [1.165, 1.54) is 6.08 Å². The van der Waals surface area contributed by atoms with Crippen LogP contribution in [0.1, 0.15) is 18.3 Å². The number of aromatic nitrogens is 3. The average molecular weight is 379 g/mol. The normalized spacial score (nSPS) is 12.1. The monoisotopic (exact) mass is 379 g/mol. The quantitative estimate of drug-likeness (QED) is 0.608. The molecule has 0 aliphatic heterocycles. The van der Waals surface area contributed by atoms with Gasteiger partial charge in [0.15, 0.2) is 11.5 Å². The SMILES string of the molecule is COc1ccc(/C=C/C(=O)NC(C)C(=O)NCc2nnc3ccccn23)cc1. The first-order valence-corrected chi connectivity index (χ1v) is 8.76. The van der Waals surface area contributed by atoms with Gasteiger partial charge in [-0.1, -0.05) is 18.2 Å². The van der Waals surface area contributed by atoms with Crippen LogP contribution in [0.3, 0.4) is 0 Å². The van der Waals surface area contributed by atoms with Crippen LogP contribution in [0.15, 0.2) is 54.7 Å². The van der Waals surface area contributed by atoms with E-state index in [9.17, 15) is 9.59 Å². The second kappa shape index (κ2) is 8.81. The van der Waals surface area contributed by atoms with Crippen LogP contribution >= 0.6 is 0 Å². The molecule has 0 fully saturated rings. The number of carbonyl (C=O) groups excluding carboxylic acids is 2. The van der Waals surface area contributed by atoms with Gasteiger partial charge in [0.05, 0.1) is 13.7 Å². The minimum atomic E-state index is -0.688. The second-order valence-corrected chi connectivity index (χ2v) is 6.10. The zero-order valence-corrected chi connectivity index (χ0v) is 15.6. The van der Waals surface area contributed by atoms with Crippen molar-refractivity contribution in [3.8, 4) is 5.75 Å². The molecule has 8 heteroatoms. The molecule has 3 aromatic rings. The van der Waals surface area contributed by atoms with Crippen molar-refractivity contribution in [1.82, 2.24) is 25.2 Å². The van der Waals surface area contributed by atoms with Gasteiger partial charge in [-0.05, 0) is 42.8 Å². The molecule has 8 nitrogen and oxygen atoms in total. The number of nitrogens with zero attached hydrogens (tertiary/aromatic N) is 3. The topological polar surface area (TPSA) is 97.6 Å². The van der Waals surface area contributed by atoms with Crippen molar-refractivity contribution in [3.63, 3.8) is 0 Å². The summed E-state index contributed by atoms with van der Waals surface area (Å²) in [5.41, 5.74) is 1.56. The molecule has 0 bridgehead atoms. The molecule has 0 aliphatic rings. The van der Waals surface area contributed by atoms with Crippen LogP contribution < -0.4 is 15.4 Å². The first kappa shape index (κ1) is 19.1. The lowest BCUT2D eigenvalue weighted by atomic mass is 10.2. The van der Waals surface area contributed by atoms with E-state index in [0.29, 0.717) is 11.5 Å². The van der Waals surface area contributed by atoms with Crippen LogP contribution in [0.5, 0.6) is 5.75 Å². The Bertz CT molecular complexity index is 995. The van der Waals surface area contributed by atoms with Gasteiger partial charge in [0, 0.05) is 12.3 Å². The number of pyridine rings is 1. The Balaban J connectivity index is 1.50. The van der Waals surface area contributed by atoms with Gasteiger partial charge in [-0.3, -0.25) is 14.0 Å². The number of carbonyl (C=O) groups is 2. The summed E-state index contributed by atoms with van der Waals surface area (Å²) in [5.74, 6) is 0.694. The minimum Gasteiger partial charge on any atom is -0.497 e. The van der Waals surface area contributed by atoms with Gasteiger partial charge in [-0.2, -0.15) is 0 Å². The van der Waals surface area contributed by atoms with E-state index in [1.807, 2.05) is 48.7 Å². The van der Waals surface area contributed by atoms with E-state index in [1.54, 1.807) is 24.5 Å². The number of amides is 2. The Morgan fingerprint density at radius 3 is 2.71 bits per heavy atom. The maximum atomic E-state index is 12.2. The Kier molecular flexibility index (Phi) is 6.01. The fraction of sp³-hybridized carbons (Fsp3) is 0.200. The lowest BCUT2D eigenvalue weighted by molar-refractivity contribution is -0.126. The fourth-order valence-corrected chi connectivity index (χ4v) is 2.54. The summed E-state index contributed by atoms with van der Waals surface area (Å²) in [6.07, 6.45) is 4.88. The molecule has 1 aromatic carbocycles. The molecule has 1 unspecified atom stereocenters. The zero-order valence-electron chi connectivity index (χ0n) is 15.6. The Morgan fingerprint density at radius 1 is 1.18 bits per heavy atom. The second-order valence-electron chi connectivity index (χ2n) is 6.10. The van der Waals surface area contributed by atoms with Crippen molar-refractivity contribution in [3.05, 3.63) is 66.1 Å². The van der Waals surface area contributed by atoms with Crippen molar-refractivity contribution in [2.45, 2.75) is 19.5 Å². The smallest absolute Gasteiger partial charge is 0.244 e. The number of fused-ring (bicyclic) bond motifs is 1. The number of ether oxygens (including phenoxy) is 1. The molecule has 0 saturated carbocycles. The minimum absolute atomic E-state index is 0.214. The van der Waals surface area contributed by atoms with Crippen LogP contribution in [0.25, 0.3) is 11.7 Å². The number of hydrogen-bond acceptors (Lipinski definition) is 5. The highest BCUT2D eigenvalue weighted by Gasteiger charge is 2.15. The van der Waals surface area contributed by atoms with Crippen molar-refractivity contribution in [1.29, 1.82) is 0 Å². The lowest BCUT2D eigenvalue weighted by Gasteiger charge is -2.12. The number of hydrogen-bond donors (Lipinski definition) is 2. The predicted molar refractivity (Wildman–Crippen MR) is 104 cm³/mol. The van der Waals surface area contributed by atoms with Gasteiger partial charge >= 0.3 is 0 Å². The zero-order chi connectivity index (χ0) is 19.9. The highest BCUT2D eigenvalue weighted by molar-refractivity contribution is 5.95. The van der Waals surface area contributed by atoms with E-state index in [-0.39, 0.29) is 18.4 Å². The molecule has 0 spiro atoms. The van der Waals surface area contributed by atoms with E-state index in [0.717, 1.165) is 11.3 Å². The summed E-state index contributed by atoms with van der Waals surface area (Å²) in [7, 11) is 1.59. The van der Waals surface area contributed by atoms with Gasteiger partial charge < -0.3 is 15.4 Å². The van der Waals surface area contributed by atoms with Crippen molar-refractivity contribution in [2.75, 3.05) is 7.11 Å². The summed E-state index contributed by atoms with van der Waals surface area (Å²) in [4.78, 5) is 24.3. The molecule has 1 atom stereocenters. The third kappa shape index (κ3) is 4.73. The van der Waals surface area contributed by atoms with Crippen LogP contribution in [0.2, 0.25) is 0 Å². The van der Waals surface area contributed by atoms with Crippen molar-refractivity contribution < 1.29 is 14.3 Å². The molecule has 3 rings (SSSR count). The standard InChI is InChI=1S/C20H21N5O3/c1-14(22-19(26)11-8-15-6-9-16(28-2)10-7-15)20(27)21-13-18-24-23-17-5-3-4-12-25(17)18/h3-12,14H,13H2,1-2H3,(H,21,27)(H,22,26)/b11-8+. The van der Waals surface area contributed by atoms with Gasteiger partial charge in [0.25, 0.3) is 0 Å². The third-order valence-electron chi connectivity index (χ3n) is 4.10. The van der Waals surface area contributed by atoms with Gasteiger partial charge in [-0.25, -0.2) is 0 Å². The molecule has 0 radical (unpaired) electrons. The van der Waals surface area contributed by atoms with Gasteiger partial charge in [-0.15, -0.1) is 10.2 Å².